The molecule has 7 heteroatoms. The van der Waals surface area contributed by atoms with E-state index in [2.05, 4.69) is 20.3 Å². The number of amides is 1. The molecule has 3 heterocycles. The molecule has 0 aliphatic rings. The van der Waals surface area contributed by atoms with Crippen molar-refractivity contribution in [1.29, 1.82) is 0 Å². The lowest BCUT2D eigenvalue weighted by atomic mass is 10.1. The zero-order valence-corrected chi connectivity index (χ0v) is 14.5. The number of H-pyrrole nitrogens is 1. The molecule has 1 N–H and O–H groups in total. The van der Waals surface area contributed by atoms with Crippen molar-refractivity contribution in [3.8, 4) is 11.3 Å². The van der Waals surface area contributed by atoms with Crippen molar-refractivity contribution in [3.63, 3.8) is 0 Å². The van der Waals surface area contributed by atoms with Crippen LogP contribution in [-0.2, 0) is 13.6 Å². The van der Waals surface area contributed by atoms with Gasteiger partial charge in [0.2, 0.25) is 0 Å². The number of aromatic amines is 1. The van der Waals surface area contributed by atoms with Gasteiger partial charge in [0.15, 0.2) is 0 Å². The number of pyridine rings is 1. The zero-order valence-electron chi connectivity index (χ0n) is 14.5. The van der Waals surface area contributed by atoms with Gasteiger partial charge in [0.25, 0.3) is 5.91 Å². The fourth-order valence-corrected chi connectivity index (χ4v) is 2.97. The summed E-state index contributed by atoms with van der Waals surface area (Å²) in [6.45, 7) is 0.489. The number of hydrogen-bond donors (Lipinski definition) is 1. The molecule has 0 radical (unpaired) electrons. The molecule has 26 heavy (non-hydrogen) atoms. The summed E-state index contributed by atoms with van der Waals surface area (Å²) in [5, 5.41) is 12.2. The lowest BCUT2D eigenvalue weighted by molar-refractivity contribution is 0.0780. The highest BCUT2D eigenvalue weighted by Crippen LogP contribution is 2.20. The average Bonchev–Trinajstić information content (AvgIpc) is 3.30. The SMILES string of the molecule is CN(Cc1cccc2ncccc12)C(=O)c1cc(-c2cnn(C)c2)n[nH]1. The van der Waals surface area contributed by atoms with Crippen molar-refractivity contribution in [2.75, 3.05) is 7.05 Å². The van der Waals surface area contributed by atoms with E-state index >= 15 is 0 Å². The van der Waals surface area contributed by atoms with Gasteiger partial charge in [-0.1, -0.05) is 18.2 Å². The highest BCUT2D eigenvalue weighted by atomic mass is 16.2. The van der Waals surface area contributed by atoms with Gasteiger partial charge >= 0.3 is 0 Å². The zero-order chi connectivity index (χ0) is 18.1. The van der Waals surface area contributed by atoms with E-state index in [1.165, 1.54) is 0 Å². The third kappa shape index (κ3) is 2.95. The Bertz CT molecular complexity index is 1080. The number of aromatic nitrogens is 5. The van der Waals surface area contributed by atoms with Crippen LogP contribution in [0.4, 0.5) is 0 Å². The molecule has 0 aliphatic carbocycles. The van der Waals surface area contributed by atoms with Crippen LogP contribution in [0.1, 0.15) is 16.1 Å². The number of carbonyl (C=O) groups is 1. The van der Waals surface area contributed by atoms with Gasteiger partial charge in [0.1, 0.15) is 5.69 Å². The summed E-state index contributed by atoms with van der Waals surface area (Å²) in [6.07, 6.45) is 5.35. The first-order valence-electron chi connectivity index (χ1n) is 8.24. The number of nitrogens with one attached hydrogen (secondary N) is 1. The van der Waals surface area contributed by atoms with E-state index in [0.29, 0.717) is 17.9 Å². The number of fused-ring (bicyclic) bond motifs is 1. The first-order chi connectivity index (χ1) is 12.6. The molecule has 0 saturated carbocycles. The maximum atomic E-state index is 12.8. The van der Waals surface area contributed by atoms with E-state index in [1.54, 1.807) is 35.1 Å². The molecule has 0 spiro atoms. The molecule has 3 aromatic heterocycles. The molecule has 0 aliphatic heterocycles. The van der Waals surface area contributed by atoms with Crippen LogP contribution in [0, 0.1) is 0 Å². The van der Waals surface area contributed by atoms with Crippen LogP contribution in [0.3, 0.4) is 0 Å². The van der Waals surface area contributed by atoms with Crippen LogP contribution >= 0.6 is 0 Å². The summed E-state index contributed by atoms with van der Waals surface area (Å²) in [7, 11) is 3.62. The molecule has 7 nitrogen and oxygen atoms in total. The molecule has 4 aromatic rings. The molecule has 0 fully saturated rings. The van der Waals surface area contributed by atoms with E-state index in [1.807, 2.05) is 43.6 Å². The number of benzene rings is 1. The normalized spacial score (nSPS) is 11.0. The van der Waals surface area contributed by atoms with E-state index in [9.17, 15) is 4.79 Å². The van der Waals surface area contributed by atoms with Crippen molar-refractivity contribution in [1.82, 2.24) is 29.9 Å². The number of nitrogens with zero attached hydrogens (tertiary/aromatic N) is 5. The molecule has 0 bridgehead atoms. The molecule has 0 atom stereocenters. The maximum Gasteiger partial charge on any atom is 0.271 e. The van der Waals surface area contributed by atoms with Gasteiger partial charge in [-0.25, -0.2) is 0 Å². The summed E-state index contributed by atoms with van der Waals surface area (Å²) < 4.78 is 1.70. The summed E-state index contributed by atoms with van der Waals surface area (Å²) in [4.78, 5) is 18.8. The lowest BCUT2D eigenvalue weighted by Gasteiger charge is -2.17. The molecule has 0 unspecified atom stereocenters. The molecule has 0 saturated heterocycles. The van der Waals surface area contributed by atoms with Gasteiger partial charge in [-0.2, -0.15) is 10.2 Å². The molecule has 130 valence electrons. The Balaban J connectivity index is 1.55. The second-order valence-electron chi connectivity index (χ2n) is 6.22. The van der Waals surface area contributed by atoms with Gasteiger partial charge in [0.05, 0.1) is 17.4 Å². The number of carbonyl (C=O) groups excluding carboxylic acids is 1. The molecule has 4 rings (SSSR count). The first kappa shape index (κ1) is 16.0. The minimum atomic E-state index is -0.117. The quantitative estimate of drug-likeness (QED) is 0.616. The Morgan fingerprint density at radius 2 is 2.15 bits per heavy atom. The smallest absolute Gasteiger partial charge is 0.271 e. The lowest BCUT2D eigenvalue weighted by Crippen LogP contribution is -2.26. The van der Waals surface area contributed by atoms with Crippen molar-refractivity contribution in [2.24, 2.45) is 7.05 Å². The highest BCUT2D eigenvalue weighted by molar-refractivity contribution is 5.93. The van der Waals surface area contributed by atoms with E-state index < -0.39 is 0 Å². The van der Waals surface area contributed by atoms with E-state index in [0.717, 1.165) is 22.0 Å². The maximum absolute atomic E-state index is 12.8. The fourth-order valence-electron chi connectivity index (χ4n) is 2.97. The van der Waals surface area contributed by atoms with Crippen LogP contribution in [-0.4, -0.2) is 42.8 Å². The minimum absolute atomic E-state index is 0.117. The van der Waals surface area contributed by atoms with Gasteiger partial charge in [-0.15, -0.1) is 0 Å². The van der Waals surface area contributed by atoms with Gasteiger partial charge in [-0.05, 0) is 23.8 Å². The Kier molecular flexibility index (Phi) is 3.96. The molecule has 1 amide bonds. The summed E-state index contributed by atoms with van der Waals surface area (Å²) >= 11 is 0. The summed E-state index contributed by atoms with van der Waals surface area (Å²) in [6, 6.07) is 11.6. The third-order valence-corrected chi connectivity index (χ3v) is 4.30. The Hall–Kier alpha value is -3.48. The van der Waals surface area contributed by atoms with Crippen LogP contribution in [0.15, 0.2) is 55.0 Å². The van der Waals surface area contributed by atoms with Crippen molar-refractivity contribution >= 4 is 16.8 Å². The van der Waals surface area contributed by atoms with Crippen LogP contribution < -0.4 is 0 Å². The third-order valence-electron chi connectivity index (χ3n) is 4.30. The summed E-state index contributed by atoms with van der Waals surface area (Å²) in [5.74, 6) is -0.117. The predicted molar refractivity (Wildman–Crippen MR) is 98.3 cm³/mol. The van der Waals surface area contributed by atoms with E-state index in [-0.39, 0.29) is 5.91 Å². The van der Waals surface area contributed by atoms with Gasteiger partial charge in [-0.3, -0.25) is 19.6 Å². The second-order valence-corrected chi connectivity index (χ2v) is 6.22. The van der Waals surface area contributed by atoms with Gasteiger partial charge in [0, 0.05) is 44.0 Å². The van der Waals surface area contributed by atoms with Crippen molar-refractivity contribution in [2.45, 2.75) is 6.54 Å². The van der Waals surface area contributed by atoms with Crippen LogP contribution in [0.2, 0.25) is 0 Å². The topological polar surface area (TPSA) is 79.7 Å². The van der Waals surface area contributed by atoms with E-state index in [4.69, 9.17) is 0 Å². The number of aryl methyl sites for hydroxylation is 1. The van der Waals surface area contributed by atoms with Crippen LogP contribution in [0.25, 0.3) is 22.2 Å². The van der Waals surface area contributed by atoms with Crippen molar-refractivity contribution in [3.05, 3.63) is 66.2 Å². The fraction of sp³-hybridized carbons (Fsp3) is 0.158. The predicted octanol–water partition coefficient (Wildman–Crippen LogP) is 2.63. The monoisotopic (exact) mass is 346 g/mol. The number of hydrogen-bond acceptors (Lipinski definition) is 4. The minimum Gasteiger partial charge on any atom is -0.336 e. The Labute approximate surface area is 150 Å². The molecule has 1 aromatic carbocycles. The molecular formula is C19H18N6O. The Morgan fingerprint density at radius 3 is 2.96 bits per heavy atom. The standard InChI is InChI=1S/C19H18N6O/c1-24(11-13-5-3-7-16-15(13)6-4-8-20-16)19(26)18-9-17(22-23-18)14-10-21-25(2)12-14/h3-10,12H,11H2,1-2H3,(H,22,23). The molecular weight excluding hydrogens is 328 g/mol. The van der Waals surface area contributed by atoms with Crippen LogP contribution in [0.5, 0.6) is 0 Å². The van der Waals surface area contributed by atoms with Crippen molar-refractivity contribution < 1.29 is 4.79 Å². The highest BCUT2D eigenvalue weighted by Gasteiger charge is 2.17. The first-order valence-corrected chi connectivity index (χ1v) is 8.24. The largest absolute Gasteiger partial charge is 0.336 e. The number of rotatable bonds is 4. The average molecular weight is 346 g/mol. The van der Waals surface area contributed by atoms with Gasteiger partial charge < -0.3 is 4.90 Å². The Morgan fingerprint density at radius 1 is 1.27 bits per heavy atom. The summed E-state index contributed by atoms with van der Waals surface area (Å²) in [5.41, 5.74) is 3.99. The second kappa shape index (κ2) is 6.44.